The molecule has 1 fully saturated rings. The largest absolute Gasteiger partial charge is 0.396 e. The molecule has 3 rings (SSSR count). The third kappa shape index (κ3) is 5.27. The Morgan fingerprint density at radius 3 is 2.62 bits per heavy atom. The van der Waals surface area contributed by atoms with Gasteiger partial charge in [-0.05, 0) is 63.5 Å². The average Bonchev–Trinajstić information content (AvgIpc) is 2.98. The van der Waals surface area contributed by atoms with E-state index in [1.807, 2.05) is 29.6 Å². The lowest BCUT2D eigenvalue weighted by Crippen LogP contribution is -2.48. The molecule has 0 saturated carbocycles. The third-order valence-corrected chi connectivity index (χ3v) is 6.61. The Morgan fingerprint density at radius 1 is 1.21 bits per heavy atom. The van der Waals surface area contributed by atoms with Crippen molar-refractivity contribution < 1.29 is 9.90 Å². The number of likely N-dealkylation sites (tertiary alicyclic amines) is 1. The fraction of sp³-hybridized carbons (Fsp3) is 0.583. The summed E-state index contributed by atoms with van der Waals surface area (Å²) in [6, 6.07) is 10.5. The molecule has 0 radical (unpaired) electrons. The van der Waals surface area contributed by atoms with Crippen molar-refractivity contribution in [1.29, 1.82) is 0 Å². The first kappa shape index (κ1) is 21.6. The number of aliphatic hydroxyl groups excluding tert-OH is 1. The SMILES string of the molecule is Cc1nn(C)c(C)c1CCC(=O)N1CCC[C@](CO)(CCCc2ccccc2)C1. The van der Waals surface area contributed by atoms with Crippen molar-refractivity contribution in [2.24, 2.45) is 12.5 Å². The normalized spacial score (nSPS) is 19.5. The highest BCUT2D eigenvalue weighted by molar-refractivity contribution is 5.76. The zero-order chi connectivity index (χ0) is 20.9. The highest BCUT2D eigenvalue weighted by Gasteiger charge is 2.36. The van der Waals surface area contributed by atoms with Gasteiger partial charge in [0.15, 0.2) is 0 Å². The maximum atomic E-state index is 12.9. The number of nitrogens with zero attached hydrogens (tertiary/aromatic N) is 3. The van der Waals surface area contributed by atoms with E-state index in [4.69, 9.17) is 0 Å². The first-order chi connectivity index (χ1) is 13.9. The molecule has 1 saturated heterocycles. The highest BCUT2D eigenvalue weighted by Crippen LogP contribution is 2.35. The van der Waals surface area contributed by atoms with E-state index >= 15 is 0 Å². The summed E-state index contributed by atoms with van der Waals surface area (Å²) in [5.41, 5.74) is 4.53. The van der Waals surface area contributed by atoms with Crippen LogP contribution in [0.4, 0.5) is 0 Å². The molecule has 0 spiro atoms. The summed E-state index contributed by atoms with van der Waals surface area (Å²) in [6.45, 7) is 5.72. The molecular formula is C24H35N3O2. The molecule has 1 atom stereocenters. The van der Waals surface area contributed by atoms with Crippen LogP contribution in [0.5, 0.6) is 0 Å². The third-order valence-electron chi connectivity index (χ3n) is 6.61. The van der Waals surface area contributed by atoms with Crippen LogP contribution >= 0.6 is 0 Å². The van der Waals surface area contributed by atoms with E-state index in [1.54, 1.807) is 0 Å². The lowest BCUT2D eigenvalue weighted by Gasteiger charge is -2.42. The van der Waals surface area contributed by atoms with Gasteiger partial charge in [0.2, 0.25) is 5.91 Å². The molecule has 0 aliphatic carbocycles. The molecule has 5 heteroatoms. The van der Waals surface area contributed by atoms with Crippen LogP contribution in [0.2, 0.25) is 0 Å². The number of aliphatic hydroxyl groups is 1. The number of carbonyl (C=O) groups is 1. The summed E-state index contributed by atoms with van der Waals surface area (Å²) in [6.07, 6.45) is 6.26. The van der Waals surface area contributed by atoms with Gasteiger partial charge in [0.1, 0.15) is 0 Å². The maximum absolute atomic E-state index is 12.9. The van der Waals surface area contributed by atoms with Crippen LogP contribution in [0, 0.1) is 19.3 Å². The van der Waals surface area contributed by atoms with Crippen LogP contribution in [-0.2, 0) is 24.7 Å². The molecule has 1 aromatic heterocycles. The summed E-state index contributed by atoms with van der Waals surface area (Å²) in [5.74, 6) is 0.202. The summed E-state index contributed by atoms with van der Waals surface area (Å²) in [7, 11) is 1.95. The van der Waals surface area contributed by atoms with Crippen LogP contribution in [0.1, 0.15) is 54.6 Å². The minimum Gasteiger partial charge on any atom is -0.396 e. The Bertz CT molecular complexity index is 815. The van der Waals surface area contributed by atoms with Gasteiger partial charge in [-0.3, -0.25) is 9.48 Å². The van der Waals surface area contributed by atoms with Gasteiger partial charge in [0.05, 0.1) is 12.3 Å². The second kappa shape index (κ2) is 9.57. The van der Waals surface area contributed by atoms with E-state index in [1.165, 1.54) is 11.1 Å². The Balaban J connectivity index is 1.55. The number of hydrogen-bond donors (Lipinski definition) is 1. The van der Waals surface area contributed by atoms with Crippen molar-refractivity contribution >= 4 is 5.91 Å². The quantitative estimate of drug-likeness (QED) is 0.740. The smallest absolute Gasteiger partial charge is 0.222 e. The van der Waals surface area contributed by atoms with Crippen molar-refractivity contribution in [2.45, 2.75) is 58.8 Å². The molecule has 5 nitrogen and oxygen atoms in total. The predicted molar refractivity (Wildman–Crippen MR) is 116 cm³/mol. The number of benzene rings is 1. The second-order valence-electron chi connectivity index (χ2n) is 8.69. The molecule has 0 unspecified atom stereocenters. The average molecular weight is 398 g/mol. The first-order valence-corrected chi connectivity index (χ1v) is 10.9. The van der Waals surface area contributed by atoms with E-state index in [2.05, 4.69) is 36.3 Å². The molecule has 1 aliphatic rings. The zero-order valence-electron chi connectivity index (χ0n) is 18.2. The van der Waals surface area contributed by atoms with Gasteiger partial charge >= 0.3 is 0 Å². The fourth-order valence-electron chi connectivity index (χ4n) is 4.71. The summed E-state index contributed by atoms with van der Waals surface area (Å²) >= 11 is 0. The van der Waals surface area contributed by atoms with Gasteiger partial charge in [-0.2, -0.15) is 5.10 Å². The van der Waals surface area contributed by atoms with Gasteiger partial charge in [-0.15, -0.1) is 0 Å². The molecular weight excluding hydrogens is 362 g/mol. The standard InChI is InChI=1S/C24H35N3O2/c1-19-22(20(2)26(3)25-19)12-13-23(29)27-16-8-15-24(17-27,18-28)14-7-11-21-9-5-4-6-10-21/h4-6,9-10,28H,7-8,11-18H2,1-3H3/t24-/m1/s1. The van der Waals surface area contributed by atoms with E-state index in [0.717, 1.165) is 56.5 Å². The second-order valence-corrected chi connectivity index (χ2v) is 8.69. The molecule has 1 amide bonds. The Kier molecular flexibility index (Phi) is 7.12. The van der Waals surface area contributed by atoms with Gasteiger partial charge < -0.3 is 10.0 Å². The highest BCUT2D eigenvalue weighted by atomic mass is 16.3. The van der Waals surface area contributed by atoms with Crippen LogP contribution in [0.3, 0.4) is 0 Å². The molecule has 1 aliphatic heterocycles. The number of rotatable bonds is 8. The van der Waals surface area contributed by atoms with Crippen molar-refractivity contribution in [2.75, 3.05) is 19.7 Å². The summed E-state index contributed by atoms with van der Waals surface area (Å²) in [5, 5.41) is 14.6. The topological polar surface area (TPSA) is 58.4 Å². The molecule has 0 bridgehead atoms. The van der Waals surface area contributed by atoms with E-state index in [0.29, 0.717) is 13.0 Å². The fourth-order valence-corrected chi connectivity index (χ4v) is 4.71. The van der Waals surface area contributed by atoms with Crippen molar-refractivity contribution in [3.05, 3.63) is 52.8 Å². The maximum Gasteiger partial charge on any atom is 0.222 e. The molecule has 1 N–H and O–H groups in total. The molecule has 158 valence electrons. The first-order valence-electron chi connectivity index (χ1n) is 10.9. The van der Waals surface area contributed by atoms with Crippen molar-refractivity contribution in [1.82, 2.24) is 14.7 Å². The zero-order valence-corrected chi connectivity index (χ0v) is 18.2. The molecule has 2 aromatic rings. The molecule has 1 aromatic carbocycles. The number of aromatic nitrogens is 2. The summed E-state index contributed by atoms with van der Waals surface area (Å²) < 4.78 is 1.89. The Hall–Kier alpha value is -2.14. The van der Waals surface area contributed by atoms with Crippen molar-refractivity contribution in [3.63, 3.8) is 0 Å². The van der Waals surface area contributed by atoms with Crippen LogP contribution in [-0.4, -0.2) is 45.4 Å². The van der Waals surface area contributed by atoms with Gasteiger partial charge in [0, 0.05) is 37.7 Å². The van der Waals surface area contributed by atoms with Gasteiger partial charge in [-0.1, -0.05) is 30.3 Å². The number of hydrogen-bond acceptors (Lipinski definition) is 3. The minimum atomic E-state index is -0.150. The minimum absolute atomic E-state index is 0.150. The van der Waals surface area contributed by atoms with E-state index in [9.17, 15) is 9.90 Å². The van der Waals surface area contributed by atoms with Crippen LogP contribution in [0.15, 0.2) is 30.3 Å². The van der Waals surface area contributed by atoms with Gasteiger partial charge in [0.25, 0.3) is 0 Å². The van der Waals surface area contributed by atoms with Crippen LogP contribution in [0.25, 0.3) is 0 Å². The Labute approximate surface area is 174 Å². The van der Waals surface area contributed by atoms with Crippen LogP contribution < -0.4 is 0 Å². The predicted octanol–water partition coefficient (Wildman–Crippen LogP) is 3.59. The lowest BCUT2D eigenvalue weighted by molar-refractivity contribution is -0.135. The number of aryl methyl sites for hydroxylation is 3. The van der Waals surface area contributed by atoms with E-state index in [-0.39, 0.29) is 17.9 Å². The number of amides is 1. The summed E-state index contributed by atoms with van der Waals surface area (Å²) in [4.78, 5) is 14.9. The van der Waals surface area contributed by atoms with Crippen molar-refractivity contribution in [3.8, 4) is 0 Å². The molecule has 2 heterocycles. The van der Waals surface area contributed by atoms with E-state index < -0.39 is 0 Å². The molecule has 29 heavy (non-hydrogen) atoms. The number of carbonyl (C=O) groups excluding carboxylic acids is 1. The monoisotopic (exact) mass is 397 g/mol. The van der Waals surface area contributed by atoms with Gasteiger partial charge in [-0.25, -0.2) is 0 Å². The number of piperidine rings is 1. The Morgan fingerprint density at radius 2 is 1.97 bits per heavy atom. The lowest BCUT2D eigenvalue weighted by atomic mass is 9.76.